The van der Waals surface area contributed by atoms with E-state index in [1.165, 1.54) is 11.6 Å². The second kappa shape index (κ2) is 6.35. The number of nitrogens with one attached hydrogen (secondary N) is 1. The van der Waals surface area contributed by atoms with Crippen LogP contribution >= 0.6 is 38.9 Å². The maximum absolute atomic E-state index is 13.6. The fraction of sp³-hybridized carbons (Fsp3) is 0.286. The van der Waals surface area contributed by atoms with Gasteiger partial charge < -0.3 is 5.32 Å². The minimum Gasteiger partial charge on any atom is -0.306 e. The molecule has 2 rings (SSSR count). The third kappa shape index (κ3) is 3.19. The van der Waals surface area contributed by atoms with E-state index in [0.29, 0.717) is 0 Å². The molecule has 0 saturated carbocycles. The van der Waals surface area contributed by atoms with Crippen LogP contribution in [0.25, 0.3) is 0 Å². The number of rotatable bonds is 4. The first-order valence-electron chi connectivity index (χ1n) is 5.97. The number of hydrogen-bond donors (Lipinski definition) is 1. The molecule has 0 spiro atoms. The maximum atomic E-state index is 13.6. The van der Waals surface area contributed by atoms with E-state index < -0.39 is 0 Å². The lowest BCUT2D eigenvalue weighted by Gasteiger charge is -2.18. The van der Waals surface area contributed by atoms with Crippen LogP contribution in [0.2, 0.25) is 5.02 Å². The Kier molecular flexibility index (Phi) is 5.01. The van der Waals surface area contributed by atoms with E-state index >= 15 is 0 Å². The summed E-state index contributed by atoms with van der Waals surface area (Å²) >= 11 is 11.3. The summed E-state index contributed by atoms with van der Waals surface area (Å²) in [5.41, 5.74) is 1.95. The lowest BCUT2D eigenvalue weighted by Crippen LogP contribution is -2.21. The van der Waals surface area contributed by atoms with Gasteiger partial charge in [-0.25, -0.2) is 4.39 Å². The van der Waals surface area contributed by atoms with Crippen molar-refractivity contribution >= 4 is 38.9 Å². The van der Waals surface area contributed by atoms with Gasteiger partial charge in [0.25, 0.3) is 0 Å². The van der Waals surface area contributed by atoms with Crippen molar-refractivity contribution in [2.24, 2.45) is 0 Å². The Morgan fingerprint density at radius 3 is 2.79 bits per heavy atom. The molecule has 0 aliphatic carbocycles. The number of aryl methyl sites for hydroxylation is 1. The minimum absolute atomic E-state index is 0.0804. The van der Waals surface area contributed by atoms with Gasteiger partial charge >= 0.3 is 0 Å². The minimum atomic E-state index is -0.380. The van der Waals surface area contributed by atoms with Crippen LogP contribution in [0.1, 0.15) is 29.0 Å². The molecule has 102 valence electrons. The molecule has 0 saturated heterocycles. The molecule has 19 heavy (non-hydrogen) atoms. The van der Waals surface area contributed by atoms with Crippen LogP contribution in [0.3, 0.4) is 0 Å². The molecule has 0 bridgehead atoms. The first kappa shape index (κ1) is 15.0. The summed E-state index contributed by atoms with van der Waals surface area (Å²) in [5, 5.41) is 3.55. The summed E-state index contributed by atoms with van der Waals surface area (Å²) in [6.07, 6.45) is 0. The lowest BCUT2D eigenvalue weighted by molar-refractivity contribution is 0.607. The van der Waals surface area contributed by atoms with Crippen LogP contribution < -0.4 is 5.32 Å². The standard InChI is InChI=1S/C14H14BrClFNS/c1-3-18-13(11-7-8(2)14(15)19-11)9-5-4-6-10(17)12(9)16/h4-7,13,18H,3H2,1-2H3. The fourth-order valence-corrected chi connectivity index (χ4v) is 3.84. The summed E-state index contributed by atoms with van der Waals surface area (Å²) in [6, 6.07) is 6.95. The number of thiophene rings is 1. The van der Waals surface area contributed by atoms with Crippen LogP contribution in [0, 0.1) is 12.7 Å². The third-order valence-electron chi connectivity index (χ3n) is 2.86. The van der Waals surface area contributed by atoms with Crippen molar-refractivity contribution in [2.75, 3.05) is 6.54 Å². The average molecular weight is 363 g/mol. The van der Waals surface area contributed by atoms with Crippen LogP contribution in [0.4, 0.5) is 4.39 Å². The summed E-state index contributed by atoms with van der Waals surface area (Å²) < 4.78 is 14.7. The van der Waals surface area contributed by atoms with Gasteiger partial charge in [0.15, 0.2) is 0 Å². The Balaban J connectivity index is 2.48. The Labute approximate surface area is 129 Å². The smallest absolute Gasteiger partial charge is 0.142 e. The highest BCUT2D eigenvalue weighted by atomic mass is 79.9. The Morgan fingerprint density at radius 1 is 1.47 bits per heavy atom. The van der Waals surface area contributed by atoms with E-state index in [0.717, 1.165) is 20.8 Å². The molecule has 1 nitrogen and oxygen atoms in total. The van der Waals surface area contributed by atoms with Crippen molar-refractivity contribution in [1.29, 1.82) is 0 Å². The van der Waals surface area contributed by atoms with E-state index in [2.05, 4.69) is 27.3 Å². The van der Waals surface area contributed by atoms with E-state index in [9.17, 15) is 4.39 Å². The molecule has 1 heterocycles. The number of halogens is 3. The molecular formula is C14H14BrClFNS. The highest BCUT2D eigenvalue weighted by molar-refractivity contribution is 9.11. The second-order valence-electron chi connectivity index (χ2n) is 4.24. The Hall–Kier alpha value is -0.420. The molecule has 1 unspecified atom stereocenters. The molecule has 0 aliphatic heterocycles. The molecular weight excluding hydrogens is 349 g/mol. The fourth-order valence-electron chi connectivity index (χ4n) is 1.94. The molecule has 0 aliphatic rings. The molecule has 1 aromatic carbocycles. The van der Waals surface area contributed by atoms with Crippen LogP contribution in [-0.2, 0) is 0 Å². The SMILES string of the molecule is CCNC(c1cc(C)c(Br)s1)c1cccc(F)c1Cl. The average Bonchev–Trinajstić information content (AvgIpc) is 2.70. The Morgan fingerprint density at radius 2 is 2.21 bits per heavy atom. The molecule has 2 aromatic rings. The predicted octanol–water partition coefficient (Wildman–Crippen LogP) is 5.31. The highest BCUT2D eigenvalue weighted by Gasteiger charge is 2.20. The van der Waals surface area contributed by atoms with Gasteiger partial charge in [-0.1, -0.05) is 30.7 Å². The zero-order valence-electron chi connectivity index (χ0n) is 10.6. The summed E-state index contributed by atoms with van der Waals surface area (Å²) in [7, 11) is 0. The Bertz CT molecular complexity index is 565. The van der Waals surface area contributed by atoms with E-state index in [4.69, 9.17) is 11.6 Å². The van der Waals surface area contributed by atoms with Gasteiger partial charge in [0.1, 0.15) is 5.82 Å². The van der Waals surface area contributed by atoms with Gasteiger partial charge in [-0.15, -0.1) is 11.3 Å². The van der Waals surface area contributed by atoms with Crippen molar-refractivity contribution in [1.82, 2.24) is 5.32 Å². The van der Waals surface area contributed by atoms with Gasteiger partial charge in [-0.2, -0.15) is 0 Å². The van der Waals surface area contributed by atoms with Crippen molar-refractivity contribution < 1.29 is 4.39 Å². The van der Waals surface area contributed by atoms with Crippen LogP contribution in [-0.4, -0.2) is 6.54 Å². The van der Waals surface area contributed by atoms with Crippen molar-refractivity contribution in [3.63, 3.8) is 0 Å². The van der Waals surface area contributed by atoms with Gasteiger partial charge in [0.2, 0.25) is 0 Å². The van der Waals surface area contributed by atoms with E-state index in [-0.39, 0.29) is 16.9 Å². The van der Waals surface area contributed by atoms with Gasteiger partial charge in [0.05, 0.1) is 14.9 Å². The zero-order valence-corrected chi connectivity index (χ0v) is 13.8. The van der Waals surface area contributed by atoms with Gasteiger partial charge in [-0.05, 0) is 52.7 Å². The molecule has 5 heteroatoms. The molecule has 1 N–H and O–H groups in total. The topological polar surface area (TPSA) is 12.0 Å². The molecule has 1 atom stereocenters. The zero-order chi connectivity index (χ0) is 14.0. The molecule has 0 fully saturated rings. The first-order chi connectivity index (χ1) is 9.04. The van der Waals surface area contributed by atoms with Crippen molar-refractivity contribution in [3.05, 3.63) is 54.9 Å². The molecule has 1 aromatic heterocycles. The first-order valence-corrected chi connectivity index (χ1v) is 7.96. The third-order valence-corrected chi connectivity index (χ3v) is 5.46. The van der Waals surface area contributed by atoms with E-state index in [1.54, 1.807) is 17.4 Å². The molecule has 0 amide bonds. The van der Waals surface area contributed by atoms with Crippen LogP contribution in [0.15, 0.2) is 28.1 Å². The highest BCUT2D eigenvalue weighted by Crippen LogP contribution is 2.37. The number of benzene rings is 1. The van der Waals surface area contributed by atoms with Crippen LogP contribution in [0.5, 0.6) is 0 Å². The second-order valence-corrected chi connectivity index (χ2v) is 7.02. The normalized spacial score (nSPS) is 12.7. The molecule has 0 radical (unpaired) electrons. The summed E-state index contributed by atoms with van der Waals surface area (Å²) in [6.45, 7) is 4.85. The van der Waals surface area contributed by atoms with Crippen molar-refractivity contribution in [3.8, 4) is 0 Å². The maximum Gasteiger partial charge on any atom is 0.142 e. The summed E-state index contributed by atoms with van der Waals surface area (Å²) in [5.74, 6) is -0.380. The summed E-state index contributed by atoms with van der Waals surface area (Å²) in [4.78, 5) is 1.12. The number of hydrogen-bond acceptors (Lipinski definition) is 2. The van der Waals surface area contributed by atoms with Gasteiger partial charge in [-0.3, -0.25) is 0 Å². The largest absolute Gasteiger partial charge is 0.306 e. The van der Waals surface area contributed by atoms with E-state index in [1.807, 2.05) is 19.9 Å². The predicted molar refractivity (Wildman–Crippen MR) is 83.7 cm³/mol. The lowest BCUT2D eigenvalue weighted by atomic mass is 10.0. The van der Waals surface area contributed by atoms with Gasteiger partial charge in [0, 0.05) is 4.88 Å². The quantitative estimate of drug-likeness (QED) is 0.777. The van der Waals surface area contributed by atoms with Crippen molar-refractivity contribution in [2.45, 2.75) is 19.9 Å². The monoisotopic (exact) mass is 361 g/mol.